The topological polar surface area (TPSA) is 111 Å². The lowest BCUT2D eigenvalue weighted by Crippen LogP contribution is -2.67. The van der Waals surface area contributed by atoms with Gasteiger partial charge in [0.1, 0.15) is 12.3 Å². The second kappa shape index (κ2) is 11.7. The van der Waals surface area contributed by atoms with Crippen LogP contribution in [0.4, 0.5) is 4.79 Å². The molecule has 0 aromatic heterocycles. The number of Topliss-reactive ketones (excluding diaryl/α,β-unsaturated/α-hetero) is 1. The summed E-state index contributed by atoms with van der Waals surface area (Å²) in [5, 5.41) is 4.38. The Kier molecular flexibility index (Phi) is 8.60. The van der Waals surface area contributed by atoms with Gasteiger partial charge in [-0.25, -0.2) is 9.80 Å². The SMILES string of the molecule is CCC(C)NC(=O)C1CCC2C(=O)N(CCC(C)C)C3NN(CC(=O)c4ccc(OC)cc4)C(=O)N3C2C1. The van der Waals surface area contributed by atoms with Crippen molar-refractivity contribution < 1.29 is 23.9 Å². The van der Waals surface area contributed by atoms with Crippen LogP contribution < -0.4 is 15.5 Å². The Bertz CT molecular complexity index is 1040. The molecule has 5 atom stereocenters. The molecule has 2 aliphatic heterocycles. The standard InChI is InChI=1S/C28H41N5O5/c1-6-18(4)29-25(35)20-9-12-22-23(15-20)33-27(31(26(22)36)14-13-17(2)3)30-32(28(33)37)16-24(34)19-7-10-21(38-5)11-8-19/h7-8,10-11,17-18,20,22-23,27,30H,6,9,12-16H2,1-5H3,(H,29,35). The van der Waals surface area contributed by atoms with Gasteiger partial charge >= 0.3 is 6.03 Å². The van der Waals surface area contributed by atoms with Gasteiger partial charge < -0.3 is 15.0 Å². The van der Waals surface area contributed by atoms with Crippen molar-refractivity contribution in [2.24, 2.45) is 17.8 Å². The quantitative estimate of drug-likeness (QED) is 0.453. The maximum Gasteiger partial charge on any atom is 0.337 e. The van der Waals surface area contributed by atoms with Gasteiger partial charge in [-0.05, 0) is 69.2 Å². The largest absolute Gasteiger partial charge is 0.497 e. The maximum atomic E-state index is 13.7. The van der Waals surface area contributed by atoms with E-state index in [9.17, 15) is 19.2 Å². The van der Waals surface area contributed by atoms with Crippen molar-refractivity contribution in [3.8, 4) is 5.75 Å². The van der Waals surface area contributed by atoms with E-state index < -0.39 is 12.3 Å². The fourth-order valence-electron chi connectivity index (χ4n) is 5.58. The first kappa shape index (κ1) is 27.9. The number of benzene rings is 1. The molecule has 2 N–H and O–H groups in total. The summed E-state index contributed by atoms with van der Waals surface area (Å²) in [7, 11) is 1.56. The van der Waals surface area contributed by atoms with Crippen molar-refractivity contribution in [3.05, 3.63) is 29.8 Å². The van der Waals surface area contributed by atoms with E-state index in [0.717, 1.165) is 12.8 Å². The van der Waals surface area contributed by atoms with E-state index in [4.69, 9.17) is 4.74 Å². The smallest absolute Gasteiger partial charge is 0.337 e. The van der Waals surface area contributed by atoms with Crippen LogP contribution in [0, 0.1) is 17.8 Å². The van der Waals surface area contributed by atoms with Gasteiger partial charge in [0, 0.05) is 30.1 Å². The van der Waals surface area contributed by atoms with E-state index in [0.29, 0.717) is 43.0 Å². The van der Waals surface area contributed by atoms with E-state index in [1.165, 1.54) is 5.01 Å². The lowest BCUT2D eigenvalue weighted by Gasteiger charge is -2.50. The van der Waals surface area contributed by atoms with Crippen LogP contribution in [0.25, 0.3) is 0 Å². The molecule has 1 aromatic rings. The highest BCUT2D eigenvalue weighted by molar-refractivity contribution is 5.99. The van der Waals surface area contributed by atoms with Gasteiger partial charge in [0.15, 0.2) is 12.1 Å². The molecule has 5 unspecified atom stereocenters. The number of fused-ring (bicyclic) bond motifs is 3. The number of ketones is 1. The molecule has 1 saturated carbocycles. The molecule has 10 nitrogen and oxygen atoms in total. The molecular weight excluding hydrogens is 486 g/mol. The zero-order valence-electron chi connectivity index (χ0n) is 23.1. The van der Waals surface area contributed by atoms with Crippen molar-refractivity contribution in [3.63, 3.8) is 0 Å². The highest BCUT2D eigenvalue weighted by Crippen LogP contribution is 2.40. The minimum atomic E-state index is -0.671. The van der Waals surface area contributed by atoms with Crippen molar-refractivity contribution in [2.75, 3.05) is 20.2 Å². The van der Waals surface area contributed by atoms with E-state index in [2.05, 4.69) is 24.6 Å². The number of urea groups is 1. The molecule has 0 bridgehead atoms. The van der Waals surface area contributed by atoms with Gasteiger partial charge in [0.2, 0.25) is 11.8 Å². The summed E-state index contributed by atoms with van der Waals surface area (Å²) >= 11 is 0. The van der Waals surface area contributed by atoms with Crippen LogP contribution in [0.2, 0.25) is 0 Å². The second-order valence-corrected chi connectivity index (χ2v) is 11.1. The van der Waals surface area contributed by atoms with Crippen LogP contribution in [-0.2, 0) is 9.59 Å². The minimum absolute atomic E-state index is 0.0151. The predicted molar refractivity (Wildman–Crippen MR) is 142 cm³/mol. The number of methoxy groups -OCH3 is 1. The molecule has 208 valence electrons. The number of hydrogen-bond donors (Lipinski definition) is 2. The van der Waals surface area contributed by atoms with E-state index in [1.54, 1.807) is 41.2 Å². The fraction of sp³-hybridized carbons (Fsp3) is 0.643. The van der Waals surface area contributed by atoms with Crippen LogP contribution in [0.15, 0.2) is 24.3 Å². The van der Waals surface area contributed by atoms with Crippen LogP contribution >= 0.6 is 0 Å². The van der Waals surface area contributed by atoms with Crippen molar-refractivity contribution >= 4 is 23.6 Å². The number of hydrazine groups is 1. The summed E-state index contributed by atoms with van der Waals surface area (Å²) in [6, 6.07) is 6.10. The fourth-order valence-corrected chi connectivity index (χ4v) is 5.58. The molecule has 2 heterocycles. The molecule has 4 rings (SSSR count). The average Bonchev–Trinajstić information content (AvgIpc) is 3.23. The summed E-state index contributed by atoms with van der Waals surface area (Å²) in [5.74, 6) is 0.191. The van der Waals surface area contributed by atoms with Crippen molar-refractivity contribution in [1.29, 1.82) is 0 Å². The van der Waals surface area contributed by atoms with Crippen LogP contribution in [0.5, 0.6) is 5.75 Å². The molecule has 1 aliphatic carbocycles. The third kappa shape index (κ3) is 5.65. The molecule has 1 aromatic carbocycles. The number of carbonyl (C=O) groups excluding carboxylic acids is 4. The lowest BCUT2D eigenvalue weighted by molar-refractivity contribution is -0.159. The molecule has 3 aliphatic rings. The number of amides is 4. The number of rotatable bonds is 10. The van der Waals surface area contributed by atoms with Gasteiger partial charge in [-0.1, -0.05) is 20.8 Å². The van der Waals surface area contributed by atoms with Crippen molar-refractivity contribution in [2.45, 2.75) is 78.2 Å². The number of nitrogens with one attached hydrogen (secondary N) is 2. The highest BCUT2D eigenvalue weighted by Gasteiger charge is 2.56. The Morgan fingerprint density at radius 3 is 2.47 bits per heavy atom. The third-order valence-electron chi connectivity index (χ3n) is 8.09. The van der Waals surface area contributed by atoms with Gasteiger partial charge in [-0.15, -0.1) is 0 Å². The number of hydrogen-bond acceptors (Lipinski definition) is 6. The molecule has 38 heavy (non-hydrogen) atoms. The van der Waals surface area contributed by atoms with E-state index >= 15 is 0 Å². The summed E-state index contributed by atoms with van der Waals surface area (Å²) in [6.45, 7) is 8.54. The van der Waals surface area contributed by atoms with Crippen LogP contribution in [0.3, 0.4) is 0 Å². The second-order valence-electron chi connectivity index (χ2n) is 11.1. The maximum absolute atomic E-state index is 13.7. The Balaban J connectivity index is 1.55. The first-order chi connectivity index (χ1) is 18.1. The van der Waals surface area contributed by atoms with Gasteiger partial charge in [0.25, 0.3) is 0 Å². The lowest BCUT2D eigenvalue weighted by atomic mass is 9.75. The average molecular weight is 528 g/mol. The minimum Gasteiger partial charge on any atom is -0.497 e. The summed E-state index contributed by atoms with van der Waals surface area (Å²) in [5.41, 5.74) is 3.63. The molecule has 4 amide bonds. The zero-order chi connectivity index (χ0) is 27.6. The number of ether oxygens (including phenoxy) is 1. The Morgan fingerprint density at radius 1 is 1.13 bits per heavy atom. The summed E-state index contributed by atoms with van der Waals surface area (Å²) < 4.78 is 5.17. The Hall–Kier alpha value is -3.14. The monoisotopic (exact) mass is 527 g/mol. The Labute approximate surface area is 225 Å². The molecule has 10 heteroatoms. The summed E-state index contributed by atoms with van der Waals surface area (Å²) in [6.07, 6.45) is 2.57. The Morgan fingerprint density at radius 2 is 1.84 bits per heavy atom. The molecule has 2 saturated heterocycles. The highest BCUT2D eigenvalue weighted by atomic mass is 16.5. The van der Waals surface area contributed by atoms with Gasteiger partial charge in [0.05, 0.1) is 13.0 Å². The van der Waals surface area contributed by atoms with Crippen molar-refractivity contribution in [1.82, 2.24) is 25.6 Å². The molecule has 3 fully saturated rings. The number of carbonyl (C=O) groups is 4. The number of nitrogens with zero attached hydrogens (tertiary/aromatic N) is 3. The predicted octanol–water partition coefficient (Wildman–Crippen LogP) is 2.99. The van der Waals surface area contributed by atoms with Crippen LogP contribution in [0.1, 0.15) is 70.2 Å². The third-order valence-corrected chi connectivity index (χ3v) is 8.09. The molecular formula is C28H41N5O5. The molecule has 0 spiro atoms. The zero-order valence-corrected chi connectivity index (χ0v) is 23.1. The van der Waals surface area contributed by atoms with Crippen LogP contribution in [-0.4, -0.2) is 77.0 Å². The first-order valence-corrected chi connectivity index (χ1v) is 13.8. The first-order valence-electron chi connectivity index (χ1n) is 13.8. The van der Waals surface area contributed by atoms with E-state index in [-0.39, 0.29) is 48.1 Å². The molecule has 0 radical (unpaired) electrons. The van der Waals surface area contributed by atoms with E-state index in [1.807, 2.05) is 13.8 Å². The normalized spacial score (nSPS) is 25.8. The van der Waals surface area contributed by atoms with Gasteiger partial charge in [-0.2, -0.15) is 5.43 Å². The summed E-state index contributed by atoms with van der Waals surface area (Å²) in [4.78, 5) is 56.9. The van der Waals surface area contributed by atoms with Gasteiger partial charge in [-0.3, -0.25) is 19.3 Å².